The summed E-state index contributed by atoms with van der Waals surface area (Å²) in [7, 11) is 0. The van der Waals surface area contributed by atoms with Gasteiger partial charge >= 0.3 is 0 Å². The molecule has 1 atom stereocenters. The highest BCUT2D eigenvalue weighted by Crippen LogP contribution is 2.02. The summed E-state index contributed by atoms with van der Waals surface area (Å²) in [5.41, 5.74) is 2.38. The van der Waals surface area contributed by atoms with Crippen molar-refractivity contribution in [2.45, 2.75) is 4.83 Å². The standard InChI is InChI=1S/C4H4BrN3O/c5-3-2(6)1-7-8-4(3)9/h1,3,6H,(H,8,9). The third-order valence-corrected chi connectivity index (χ3v) is 1.79. The second-order valence-corrected chi connectivity index (χ2v) is 2.47. The summed E-state index contributed by atoms with van der Waals surface area (Å²) < 4.78 is 0. The number of alkyl halides is 1. The summed E-state index contributed by atoms with van der Waals surface area (Å²) >= 11 is 2.99. The van der Waals surface area contributed by atoms with Crippen LogP contribution in [0.3, 0.4) is 0 Å². The van der Waals surface area contributed by atoms with Gasteiger partial charge < -0.3 is 5.41 Å². The third kappa shape index (κ3) is 1.16. The van der Waals surface area contributed by atoms with E-state index in [1.54, 1.807) is 0 Å². The quantitative estimate of drug-likeness (QED) is 0.514. The van der Waals surface area contributed by atoms with Gasteiger partial charge in [-0.15, -0.1) is 0 Å². The first-order chi connectivity index (χ1) is 4.22. The molecule has 1 rings (SSSR count). The summed E-state index contributed by atoms with van der Waals surface area (Å²) in [4.78, 5) is 10.1. The number of hydrazone groups is 1. The lowest BCUT2D eigenvalue weighted by atomic mass is 10.2. The van der Waals surface area contributed by atoms with Gasteiger partial charge in [0.25, 0.3) is 5.91 Å². The highest BCUT2D eigenvalue weighted by Gasteiger charge is 2.21. The maximum Gasteiger partial charge on any atom is 0.259 e. The van der Waals surface area contributed by atoms with Crippen molar-refractivity contribution < 1.29 is 4.79 Å². The van der Waals surface area contributed by atoms with Gasteiger partial charge in [0.2, 0.25) is 0 Å². The number of nitrogens with zero attached hydrogens (tertiary/aromatic N) is 1. The molecule has 4 nitrogen and oxygen atoms in total. The van der Waals surface area contributed by atoms with E-state index in [1.807, 2.05) is 0 Å². The van der Waals surface area contributed by atoms with Crippen LogP contribution in [-0.4, -0.2) is 22.7 Å². The SMILES string of the molecule is N=C1C=NNC(=O)C1Br. The predicted octanol–water partition coefficient (Wildman–Crippen LogP) is -0.115. The van der Waals surface area contributed by atoms with Crippen molar-refractivity contribution in [3.63, 3.8) is 0 Å². The van der Waals surface area contributed by atoms with Gasteiger partial charge in [0.05, 0.1) is 11.9 Å². The molecule has 1 heterocycles. The van der Waals surface area contributed by atoms with Crippen molar-refractivity contribution in [1.82, 2.24) is 5.43 Å². The van der Waals surface area contributed by atoms with Crippen LogP contribution < -0.4 is 5.43 Å². The van der Waals surface area contributed by atoms with Gasteiger partial charge in [-0.3, -0.25) is 4.79 Å². The number of hydrogen-bond donors (Lipinski definition) is 2. The Hall–Kier alpha value is -0.710. The minimum atomic E-state index is -0.532. The minimum absolute atomic E-state index is 0.179. The summed E-state index contributed by atoms with van der Waals surface area (Å²) in [5.74, 6) is -0.289. The summed E-state index contributed by atoms with van der Waals surface area (Å²) in [6.45, 7) is 0. The zero-order valence-electron chi connectivity index (χ0n) is 4.39. The topological polar surface area (TPSA) is 65.3 Å². The first kappa shape index (κ1) is 6.41. The molecule has 0 bridgehead atoms. The van der Waals surface area contributed by atoms with E-state index < -0.39 is 4.83 Å². The van der Waals surface area contributed by atoms with Crippen molar-refractivity contribution >= 4 is 33.8 Å². The molecular weight excluding hydrogens is 186 g/mol. The molecule has 0 aliphatic carbocycles. The van der Waals surface area contributed by atoms with E-state index in [2.05, 4.69) is 26.5 Å². The Bertz CT molecular complexity index is 188. The lowest BCUT2D eigenvalue weighted by molar-refractivity contribution is -0.119. The average molecular weight is 190 g/mol. The second kappa shape index (κ2) is 2.26. The van der Waals surface area contributed by atoms with Crippen molar-refractivity contribution in [1.29, 1.82) is 5.41 Å². The molecule has 1 aliphatic heterocycles. The van der Waals surface area contributed by atoms with Gasteiger partial charge in [-0.2, -0.15) is 5.10 Å². The Morgan fingerprint density at radius 3 is 3.00 bits per heavy atom. The van der Waals surface area contributed by atoms with Crippen LogP contribution in [0.2, 0.25) is 0 Å². The van der Waals surface area contributed by atoms with E-state index in [0.717, 1.165) is 0 Å². The van der Waals surface area contributed by atoms with Crippen LogP contribution in [0.5, 0.6) is 0 Å². The van der Waals surface area contributed by atoms with E-state index in [9.17, 15) is 4.79 Å². The van der Waals surface area contributed by atoms with Crippen LogP contribution in [0, 0.1) is 5.41 Å². The fourth-order valence-corrected chi connectivity index (χ4v) is 0.649. The van der Waals surface area contributed by atoms with E-state index in [4.69, 9.17) is 5.41 Å². The van der Waals surface area contributed by atoms with Gasteiger partial charge in [0.15, 0.2) is 0 Å². The smallest absolute Gasteiger partial charge is 0.259 e. The van der Waals surface area contributed by atoms with Crippen LogP contribution in [0.25, 0.3) is 0 Å². The number of rotatable bonds is 0. The van der Waals surface area contributed by atoms with Crippen molar-refractivity contribution in [3.8, 4) is 0 Å². The first-order valence-electron chi connectivity index (χ1n) is 2.27. The molecule has 0 radical (unpaired) electrons. The van der Waals surface area contributed by atoms with Gasteiger partial charge in [0, 0.05) is 0 Å². The molecule has 1 unspecified atom stereocenters. The summed E-state index contributed by atoms with van der Waals surface area (Å²) in [6, 6.07) is 0. The zero-order chi connectivity index (χ0) is 6.85. The molecule has 9 heavy (non-hydrogen) atoms. The lowest BCUT2D eigenvalue weighted by Gasteiger charge is -2.09. The fourth-order valence-electron chi connectivity index (χ4n) is 0.429. The Morgan fingerprint density at radius 2 is 2.56 bits per heavy atom. The molecule has 0 aromatic heterocycles. The van der Waals surface area contributed by atoms with Gasteiger partial charge in [-0.25, -0.2) is 5.43 Å². The average Bonchev–Trinajstić information content (AvgIpc) is 1.83. The summed E-state index contributed by atoms with van der Waals surface area (Å²) in [6.07, 6.45) is 1.29. The number of amides is 1. The van der Waals surface area contributed by atoms with Gasteiger partial charge in [-0.05, 0) is 0 Å². The fraction of sp³-hybridized carbons (Fsp3) is 0.250. The third-order valence-electron chi connectivity index (χ3n) is 0.882. The molecule has 0 aromatic rings. The number of halogens is 1. The van der Waals surface area contributed by atoms with Crippen LogP contribution in [0.15, 0.2) is 5.10 Å². The van der Waals surface area contributed by atoms with E-state index >= 15 is 0 Å². The van der Waals surface area contributed by atoms with E-state index in [-0.39, 0.29) is 11.6 Å². The van der Waals surface area contributed by atoms with Crippen LogP contribution in [0.1, 0.15) is 0 Å². The molecule has 0 fully saturated rings. The Labute approximate surface area is 60.0 Å². The van der Waals surface area contributed by atoms with Gasteiger partial charge in [0.1, 0.15) is 4.83 Å². The van der Waals surface area contributed by atoms with Crippen molar-refractivity contribution in [2.24, 2.45) is 5.10 Å². The Morgan fingerprint density at radius 1 is 1.89 bits per heavy atom. The number of carbonyl (C=O) groups excluding carboxylic acids is 1. The Kier molecular flexibility index (Phi) is 1.61. The molecule has 0 saturated carbocycles. The van der Waals surface area contributed by atoms with Crippen LogP contribution in [0.4, 0.5) is 0 Å². The molecule has 1 aliphatic rings. The predicted molar refractivity (Wildman–Crippen MR) is 37.1 cm³/mol. The molecule has 0 saturated heterocycles. The maximum absolute atomic E-state index is 10.6. The van der Waals surface area contributed by atoms with Gasteiger partial charge in [-0.1, -0.05) is 15.9 Å². The molecule has 2 N–H and O–H groups in total. The number of carbonyl (C=O) groups is 1. The van der Waals surface area contributed by atoms with Crippen molar-refractivity contribution in [2.75, 3.05) is 0 Å². The van der Waals surface area contributed by atoms with Crippen LogP contribution in [-0.2, 0) is 4.79 Å². The van der Waals surface area contributed by atoms with Crippen LogP contribution >= 0.6 is 15.9 Å². The molecule has 48 valence electrons. The minimum Gasteiger partial charge on any atom is -0.302 e. The van der Waals surface area contributed by atoms with E-state index in [0.29, 0.717) is 0 Å². The van der Waals surface area contributed by atoms with E-state index in [1.165, 1.54) is 6.21 Å². The second-order valence-electron chi connectivity index (χ2n) is 1.55. The molecule has 1 amide bonds. The highest BCUT2D eigenvalue weighted by molar-refractivity contribution is 9.10. The highest BCUT2D eigenvalue weighted by atomic mass is 79.9. The molecule has 5 heteroatoms. The molecule has 0 spiro atoms. The maximum atomic E-state index is 10.6. The zero-order valence-corrected chi connectivity index (χ0v) is 5.97. The number of hydrogen-bond acceptors (Lipinski definition) is 3. The monoisotopic (exact) mass is 189 g/mol. The van der Waals surface area contributed by atoms with Crippen molar-refractivity contribution in [3.05, 3.63) is 0 Å². The largest absolute Gasteiger partial charge is 0.302 e. The first-order valence-corrected chi connectivity index (χ1v) is 3.19. The summed E-state index contributed by atoms with van der Waals surface area (Å²) in [5, 5.41) is 10.5. The molecular formula is C4H4BrN3O. The Balaban J connectivity index is 2.81. The molecule has 0 aromatic carbocycles. The number of nitrogens with one attached hydrogen (secondary N) is 2. The normalized spacial score (nSPS) is 26.1. The lowest BCUT2D eigenvalue weighted by Crippen LogP contribution is -2.37.